The molecule has 2 atom stereocenters. The number of hydrogen-bond acceptors (Lipinski definition) is 3. The number of imide groups is 1. The van der Waals surface area contributed by atoms with Crippen molar-refractivity contribution in [1.82, 2.24) is 10.2 Å². The highest BCUT2D eigenvalue weighted by Gasteiger charge is 2.64. The van der Waals surface area contributed by atoms with Crippen LogP contribution in [0.1, 0.15) is 27.2 Å². The number of rotatable bonds is 4. The van der Waals surface area contributed by atoms with Crippen molar-refractivity contribution < 1.29 is 27.6 Å². The molecule has 108 valence electrons. The molecule has 0 radical (unpaired) electrons. The van der Waals surface area contributed by atoms with Crippen LogP contribution in [0.4, 0.5) is 18.0 Å². The van der Waals surface area contributed by atoms with Gasteiger partial charge in [-0.2, -0.15) is 13.2 Å². The number of nitrogens with one attached hydrogen (secondary N) is 1. The SMILES string of the molecule is CCC(C)C(=O)CN1C(=O)NC(C)(C(F)(F)F)C1=O. The van der Waals surface area contributed by atoms with Crippen LogP contribution in [-0.4, -0.2) is 40.9 Å². The summed E-state index contributed by atoms with van der Waals surface area (Å²) in [5, 5.41) is 1.59. The van der Waals surface area contributed by atoms with Gasteiger partial charge in [-0.25, -0.2) is 4.79 Å². The molecule has 2 unspecified atom stereocenters. The molecule has 0 spiro atoms. The van der Waals surface area contributed by atoms with E-state index in [9.17, 15) is 27.6 Å². The first-order chi connectivity index (χ1) is 8.54. The molecular formula is C11H15F3N2O3. The highest BCUT2D eigenvalue weighted by molar-refractivity contribution is 6.09. The molecule has 0 aromatic rings. The minimum Gasteiger partial charge on any atom is -0.316 e. The van der Waals surface area contributed by atoms with Crippen molar-refractivity contribution >= 4 is 17.7 Å². The van der Waals surface area contributed by atoms with E-state index in [2.05, 4.69) is 0 Å². The van der Waals surface area contributed by atoms with Gasteiger partial charge in [0.05, 0.1) is 6.54 Å². The van der Waals surface area contributed by atoms with Crippen molar-refractivity contribution in [1.29, 1.82) is 0 Å². The molecule has 5 nitrogen and oxygen atoms in total. The van der Waals surface area contributed by atoms with Crippen molar-refractivity contribution in [2.24, 2.45) is 5.92 Å². The summed E-state index contributed by atoms with van der Waals surface area (Å²) < 4.78 is 38.3. The van der Waals surface area contributed by atoms with Gasteiger partial charge in [0.25, 0.3) is 5.91 Å². The number of urea groups is 1. The fourth-order valence-electron chi connectivity index (χ4n) is 1.57. The third-order valence-corrected chi connectivity index (χ3v) is 3.32. The standard InChI is InChI=1S/C11H15F3N2O3/c1-4-6(2)7(17)5-16-8(18)10(3,11(12,13)14)15-9(16)19/h6H,4-5H2,1-3H3,(H,15,19). The van der Waals surface area contributed by atoms with Gasteiger partial charge in [0.2, 0.25) is 5.54 Å². The summed E-state index contributed by atoms with van der Waals surface area (Å²) >= 11 is 0. The Morgan fingerprint density at radius 3 is 2.32 bits per heavy atom. The van der Waals surface area contributed by atoms with Crippen molar-refractivity contribution in [3.63, 3.8) is 0 Å². The zero-order valence-corrected chi connectivity index (χ0v) is 10.8. The molecule has 1 aliphatic rings. The van der Waals surface area contributed by atoms with Crippen LogP contribution in [0.3, 0.4) is 0 Å². The van der Waals surface area contributed by atoms with E-state index in [0.717, 1.165) is 0 Å². The summed E-state index contributed by atoms with van der Waals surface area (Å²) in [4.78, 5) is 35.1. The van der Waals surface area contributed by atoms with Crippen molar-refractivity contribution in [2.45, 2.75) is 38.9 Å². The lowest BCUT2D eigenvalue weighted by molar-refractivity contribution is -0.191. The molecule has 19 heavy (non-hydrogen) atoms. The largest absolute Gasteiger partial charge is 0.420 e. The number of amides is 3. The third kappa shape index (κ3) is 2.57. The van der Waals surface area contributed by atoms with Crippen LogP contribution in [0.15, 0.2) is 0 Å². The number of hydrogen-bond donors (Lipinski definition) is 1. The average molecular weight is 280 g/mol. The molecule has 0 aromatic carbocycles. The second-order valence-electron chi connectivity index (χ2n) is 4.72. The number of carbonyl (C=O) groups is 3. The van der Waals surface area contributed by atoms with Gasteiger partial charge in [0.15, 0.2) is 5.78 Å². The zero-order valence-electron chi connectivity index (χ0n) is 10.8. The predicted octanol–water partition coefficient (Wildman–Crippen LogP) is 1.47. The maximum absolute atomic E-state index is 12.8. The van der Waals surface area contributed by atoms with Gasteiger partial charge in [-0.3, -0.25) is 14.5 Å². The molecule has 1 N–H and O–H groups in total. The fraction of sp³-hybridized carbons (Fsp3) is 0.727. The van der Waals surface area contributed by atoms with Crippen LogP contribution >= 0.6 is 0 Å². The van der Waals surface area contributed by atoms with Crippen LogP contribution in [0.25, 0.3) is 0 Å². The molecule has 0 bridgehead atoms. The zero-order chi connectivity index (χ0) is 15.0. The van der Waals surface area contributed by atoms with E-state index in [-0.39, 0.29) is 0 Å². The number of carbonyl (C=O) groups excluding carboxylic acids is 3. The summed E-state index contributed by atoms with van der Waals surface area (Å²) in [6.07, 6.45) is -4.42. The monoisotopic (exact) mass is 280 g/mol. The van der Waals surface area contributed by atoms with E-state index < -0.39 is 41.9 Å². The second kappa shape index (κ2) is 4.82. The molecule has 1 heterocycles. The first-order valence-electron chi connectivity index (χ1n) is 5.78. The van der Waals surface area contributed by atoms with Crippen LogP contribution in [0.5, 0.6) is 0 Å². The van der Waals surface area contributed by atoms with E-state index in [1.165, 1.54) is 0 Å². The molecule has 1 saturated heterocycles. The lowest BCUT2D eigenvalue weighted by Gasteiger charge is -2.24. The second-order valence-corrected chi connectivity index (χ2v) is 4.72. The lowest BCUT2D eigenvalue weighted by Crippen LogP contribution is -2.56. The number of alkyl halides is 3. The highest BCUT2D eigenvalue weighted by Crippen LogP contribution is 2.35. The van der Waals surface area contributed by atoms with Gasteiger partial charge in [-0.15, -0.1) is 0 Å². The van der Waals surface area contributed by atoms with Gasteiger partial charge in [-0.05, 0) is 13.3 Å². The third-order valence-electron chi connectivity index (χ3n) is 3.32. The van der Waals surface area contributed by atoms with E-state index in [1.54, 1.807) is 19.2 Å². The van der Waals surface area contributed by atoms with E-state index in [1.807, 2.05) is 0 Å². The Labute approximate surface area is 108 Å². The average Bonchev–Trinajstić information content (AvgIpc) is 2.52. The van der Waals surface area contributed by atoms with Gasteiger partial charge in [-0.1, -0.05) is 13.8 Å². The summed E-state index contributed by atoms with van der Waals surface area (Å²) in [6, 6.07) is -1.19. The van der Waals surface area contributed by atoms with Crippen molar-refractivity contribution in [3.8, 4) is 0 Å². The number of halogens is 3. The first kappa shape index (κ1) is 15.5. The van der Waals surface area contributed by atoms with E-state index >= 15 is 0 Å². The number of nitrogens with zero attached hydrogens (tertiary/aromatic N) is 1. The van der Waals surface area contributed by atoms with E-state index in [4.69, 9.17) is 0 Å². The Kier molecular flexibility index (Phi) is 3.92. The molecule has 1 rings (SSSR count). The smallest absolute Gasteiger partial charge is 0.316 e. The molecule has 0 aromatic heterocycles. The number of Topliss-reactive ketones (excluding diaryl/α,β-unsaturated/α-hetero) is 1. The molecule has 1 fully saturated rings. The van der Waals surface area contributed by atoms with Crippen molar-refractivity contribution in [2.75, 3.05) is 6.54 Å². The minimum atomic E-state index is -4.91. The first-order valence-corrected chi connectivity index (χ1v) is 5.78. The molecule has 3 amide bonds. The Bertz CT molecular complexity index is 422. The summed E-state index contributed by atoms with van der Waals surface area (Å²) in [5.41, 5.74) is -2.96. The summed E-state index contributed by atoms with van der Waals surface area (Å²) in [5.74, 6) is -2.31. The topological polar surface area (TPSA) is 66.5 Å². The summed E-state index contributed by atoms with van der Waals surface area (Å²) in [7, 11) is 0. The van der Waals surface area contributed by atoms with Gasteiger partial charge >= 0.3 is 12.2 Å². The molecule has 8 heteroatoms. The maximum Gasteiger partial charge on any atom is 0.420 e. The van der Waals surface area contributed by atoms with Crippen LogP contribution in [0, 0.1) is 5.92 Å². The Balaban J connectivity index is 2.92. The Morgan fingerprint density at radius 2 is 1.95 bits per heavy atom. The minimum absolute atomic E-state index is 0.321. The van der Waals surface area contributed by atoms with Gasteiger partial charge < -0.3 is 5.32 Å². The van der Waals surface area contributed by atoms with Gasteiger partial charge in [0.1, 0.15) is 0 Å². The lowest BCUT2D eigenvalue weighted by atomic mass is 10.0. The molecule has 0 aliphatic carbocycles. The van der Waals surface area contributed by atoms with Crippen LogP contribution in [0.2, 0.25) is 0 Å². The maximum atomic E-state index is 12.8. The van der Waals surface area contributed by atoms with Crippen LogP contribution in [-0.2, 0) is 9.59 Å². The van der Waals surface area contributed by atoms with Gasteiger partial charge in [0, 0.05) is 5.92 Å². The molecule has 0 saturated carbocycles. The number of ketones is 1. The quantitative estimate of drug-likeness (QED) is 0.793. The predicted molar refractivity (Wildman–Crippen MR) is 59.2 cm³/mol. The Hall–Kier alpha value is -1.60. The van der Waals surface area contributed by atoms with Crippen LogP contribution < -0.4 is 5.32 Å². The molecule has 1 aliphatic heterocycles. The molecular weight excluding hydrogens is 265 g/mol. The Morgan fingerprint density at radius 1 is 1.42 bits per heavy atom. The fourth-order valence-corrected chi connectivity index (χ4v) is 1.57. The van der Waals surface area contributed by atoms with Crippen molar-refractivity contribution in [3.05, 3.63) is 0 Å². The highest BCUT2D eigenvalue weighted by atomic mass is 19.4. The summed E-state index contributed by atoms with van der Waals surface area (Å²) in [6.45, 7) is 3.27. The normalized spacial score (nSPS) is 25.5. The van der Waals surface area contributed by atoms with E-state index in [0.29, 0.717) is 18.2 Å².